The van der Waals surface area contributed by atoms with E-state index < -0.39 is 12.0 Å². The highest BCUT2D eigenvalue weighted by Gasteiger charge is 2.34. The van der Waals surface area contributed by atoms with E-state index in [2.05, 4.69) is 4.90 Å². The number of furan rings is 1. The molecule has 2 heterocycles. The summed E-state index contributed by atoms with van der Waals surface area (Å²) in [5.74, 6) is -0.731. The molecule has 2 atom stereocenters. The SMILES string of the molecule is CN(C)[C@H]1CCN(Cc2ccoc2)[C@H](C(=O)O)C1. The molecule has 1 aromatic rings. The Balaban J connectivity index is 2.03. The summed E-state index contributed by atoms with van der Waals surface area (Å²) < 4.78 is 5.03. The highest BCUT2D eigenvalue weighted by Crippen LogP contribution is 2.22. The fourth-order valence-electron chi connectivity index (χ4n) is 2.53. The van der Waals surface area contributed by atoms with E-state index in [0.29, 0.717) is 19.0 Å². The quantitative estimate of drug-likeness (QED) is 0.874. The third-order valence-corrected chi connectivity index (χ3v) is 3.67. The van der Waals surface area contributed by atoms with Crippen LogP contribution in [0.3, 0.4) is 0 Å². The second-order valence-electron chi connectivity index (χ2n) is 5.10. The Morgan fingerprint density at radius 2 is 2.39 bits per heavy atom. The van der Waals surface area contributed by atoms with Crippen LogP contribution in [0.25, 0.3) is 0 Å². The maximum absolute atomic E-state index is 11.4. The van der Waals surface area contributed by atoms with Gasteiger partial charge in [-0.05, 0) is 33.0 Å². The van der Waals surface area contributed by atoms with Gasteiger partial charge >= 0.3 is 5.97 Å². The topological polar surface area (TPSA) is 56.9 Å². The Morgan fingerprint density at radius 1 is 1.61 bits per heavy atom. The number of carbonyl (C=O) groups is 1. The molecule has 0 spiro atoms. The predicted octanol–water partition coefficient (Wildman–Crippen LogP) is 1.26. The van der Waals surface area contributed by atoms with Crippen molar-refractivity contribution in [2.24, 2.45) is 0 Å². The number of likely N-dealkylation sites (tertiary alicyclic amines) is 1. The largest absolute Gasteiger partial charge is 0.480 e. The molecule has 1 aliphatic heterocycles. The van der Waals surface area contributed by atoms with Crippen molar-refractivity contribution in [2.75, 3.05) is 20.6 Å². The van der Waals surface area contributed by atoms with Crippen LogP contribution in [0.4, 0.5) is 0 Å². The van der Waals surface area contributed by atoms with E-state index in [1.54, 1.807) is 12.5 Å². The summed E-state index contributed by atoms with van der Waals surface area (Å²) in [6.45, 7) is 1.46. The number of rotatable bonds is 4. The first-order valence-electron chi connectivity index (χ1n) is 6.22. The van der Waals surface area contributed by atoms with Crippen molar-refractivity contribution in [1.82, 2.24) is 9.80 Å². The zero-order valence-corrected chi connectivity index (χ0v) is 10.9. The number of hydrogen-bond donors (Lipinski definition) is 1. The fourth-order valence-corrected chi connectivity index (χ4v) is 2.53. The lowest BCUT2D eigenvalue weighted by molar-refractivity contribution is -0.145. The first-order valence-corrected chi connectivity index (χ1v) is 6.22. The average Bonchev–Trinajstić information content (AvgIpc) is 2.81. The lowest BCUT2D eigenvalue weighted by atomic mass is 9.96. The number of carboxylic acid groups (broad SMARTS) is 1. The van der Waals surface area contributed by atoms with E-state index in [4.69, 9.17) is 4.42 Å². The summed E-state index contributed by atoms with van der Waals surface area (Å²) in [7, 11) is 4.02. The summed E-state index contributed by atoms with van der Waals surface area (Å²) in [4.78, 5) is 15.5. The van der Waals surface area contributed by atoms with Gasteiger partial charge in [-0.2, -0.15) is 0 Å². The fraction of sp³-hybridized carbons (Fsp3) is 0.615. The first-order chi connectivity index (χ1) is 8.58. The van der Waals surface area contributed by atoms with Gasteiger partial charge in [-0.1, -0.05) is 0 Å². The zero-order chi connectivity index (χ0) is 13.1. The third kappa shape index (κ3) is 2.91. The lowest BCUT2D eigenvalue weighted by Gasteiger charge is -2.39. The summed E-state index contributed by atoms with van der Waals surface area (Å²) in [5.41, 5.74) is 1.03. The monoisotopic (exact) mass is 252 g/mol. The third-order valence-electron chi connectivity index (χ3n) is 3.67. The summed E-state index contributed by atoms with van der Waals surface area (Å²) in [5, 5.41) is 9.35. The van der Waals surface area contributed by atoms with Crippen LogP contribution in [-0.2, 0) is 11.3 Å². The van der Waals surface area contributed by atoms with Crippen molar-refractivity contribution >= 4 is 5.97 Å². The minimum Gasteiger partial charge on any atom is -0.480 e. The molecular formula is C13H20N2O3. The highest BCUT2D eigenvalue weighted by molar-refractivity contribution is 5.73. The molecule has 1 aromatic heterocycles. The van der Waals surface area contributed by atoms with Gasteiger partial charge in [-0.3, -0.25) is 9.69 Å². The molecule has 0 radical (unpaired) electrons. The number of hydrogen-bond acceptors (Lipinski definition) is 4. The normalized spacial score (nSPS) is 25.5. The van der Waals surface area contributed by atoms with Gasteiger partial charge in [0.1, 0.15) is 6.04 Å². The van der Waals surface area contributed by atoms with Gasteiger partial charge in [-0.15, -0.1) is 0 Å². The molecule has 1 saturated heterocycles. The molecule has 0 aromatic carbocycles. The molecular weight excluding hydrogens is 232 g/mol. The summed E-state index contributed by atoms with van der Waals surface area (Å²) in [6, 6.07) is 1.84. The van der Waals surface area contributed by atoms with Crippen LogP contribution in [0.2, 0.25) is 0 Å². The molecule has 2 rings (SSSR count). The van der Waals surface area contributed by atoms with Crippen LogP contribution in [-0.4, -0.2) is 53.6 Å². The number of aliphatic carboxylic acids is 1. The van der Waals surface area contributed by atoms with Gasteiger partial charge < -0.3 is 14.4 Å². The minimum atomic E-state index is -0.731. The van der Waals surface area contributed by atoms with Crippen LogP contribution in [0.1, 0.15) is 18.4 Å². The molecule has 0 amide bonds. The maximum Gasteiger partial charge on any atom is 0.320 e. The Morgan fingerprint density at radius 3 is 2.94 bits per heavy atom. The molecule has 0 saturated carbocycles. The van der Waals surface area contributed by atoms with Crippen LogP contribution in [0.5, 0.6) is 0 Å². The first kappa shape index (κ1) is 13.1. The van der Waals surface area contributed by atoms with Gasteiger partial charge in [0, 0.05) is 24.7 Å². The molecule has 0 aliphatic carbocycles. The standard InChI is InChI=1S/C13H20N2O3/c1-14(2)11-3-5-15(12(7-11)13(16)17)8-10-4-6-18-9-10/h4,6,9,11-12H,3,5,7-8H2,1-2H3,(H,16,17)/t11-,12-/m0/s1. The number of nitrogens with zero attached hydrogens (tertiary/aromatic N) is 2. The van der Waals surface area contributed by atoms with Gasteiger partial charge in [-0.25, -0.2) is 0 Å². The molecule has 0 bridgehead atoms. The highest BCUT2D eigenvalue weighted by atomic mass is 16.4. The van der Waals surface area contributed by atoms with Crippen LogP contribution in [0, 0.1) is 0 Å². The van der Waals surface area contributed by atoms with Crippen LogP contribution < -0.4 is 0 Å². The van der Waals surface area contributed by atoms with E-state index >= 15 is 0 Å². The van der Waals surface area contributed by atoms with Gasteiger partial charge in [0.25, 0.3) is 0 Å². The molecule has 100 valence electrons. The average molecular weight is 252 g/mol. The van der Waals surface area contributed by atoms with Crippen molar-refractivity contribution in [1.29, 1.82) is 0 Å². The van der Waals surface area contributed by atoms with Gasteiger partial charge in [0.15, 0.2) is 0 Å². The van der Waals surface area contributed by atoms with E-state index in [0.717, 1.165) is 18.5 Å². The smallest absolute Gasteiger partial charge is 0.320 e. The van der Waals surface area contributed by atoms with E-state index in [1.165, 1.54) is 0 Å². The molecule has 0 unspecified atom stereocenters. The molecule has 18 heavy (non-hydrogen) atoms. The van der Waals surface area contributed by atoms with E-state index in [1.807, 2.05) is 25.1 Å². The Labute approximate surface area is 107 Å². The Hall–Kier alpha value is -1.33. The van der Waals surface area contributed by atoms with Crippen LogP contribution >= 0.6 is 0 Å². The van der Waals surface area contributed by atoms with Crippen molar-refractivity contribution in [3.63, 3.8) is 0 Å². The van der Waals surface area contributed by atoms with E-state index in [-0.39, 0.29) is 0 Å². The second-order valence-corrected chi connectivity index (χ2v) is 5.10. The molecule has 5 nitrogen and oxygen atoms in total. The summed E-state index contributed by atoms with van der Waals surface area (Å²) >= 11 is 0. The van der Waals surface area contributed by atoms with Crippen molar-refractivity contribution < 1.29 is 14.3 Å². The van der Waals surface area contributed by atoms with Crippen LogP contribution in [0.15, 0.2) is 23.0 Å². The zero-order valence-electron chi connectivity index (χ0n) is 10.9. The lowest BCUT2D eigenvalue weighted by Crippen LogP contribution is -2.51. The van der Waals surface area contributed by atoms with Crippen molar-refractivity contribution in [2.45, 2.75) is 31.5 Å². The Kier molecular flexibility index (Phi) is 4.04. The van der Waals surface area contributed by atoms with Gasteiger partial charge in [0.05, 0.1) is 12.5 Å². The Bertz CT molecular complexity index is 389. The molecule has 1 fully saturated rings. The second kappa shape index (κ2) is 5.54. The van der Waals surface area contributed by atoms with Crippen molar-refractivity contribution in [3.05, 3.63) is 24.2 Å². The number of piperidine rings is 1. The maximum atomic E-state index is 11.4. The molecule has 5 heteroatoms. The van der Waals surface area contributed by atoms with Gasteiger partial charge in [0.2, 0.25) is 0 Å². The predicted molar refractivity (Wildman–Crippen MR) is 67.3 cm³/mol. The molecule has 1 N–H and O–H groups in total. The van der Waals surface area contributed by atoms with E-state index in [9.17, 15) is 9.90 Å². The summed E-state index contributed by atoms with van der Waals surface area (Å²) in [6.07, 6.45) is 4.99. The molecule has 1 aliphatic rings. The van der Waals surface area contributed by atoms with Crippen molar-refractivity contribution in [3.8, 4) is 0 Å². The minimum absolute atomic E-state index is 0.353. The number of carboxylic acids is 1.